The molecule has 1 aromatic heterocycles. The van der Waals surface area contributed by atoms with Gasteiger partial charge < -0.3 is 0 Å². The van der Waals surface area contributed by atoms with E-state index in [0.717, 1.165) is 23.8 Å². The van der Waals surface area contributed by atoms with Crippen molar-refractivity contribution in [2.45, 2.75) is 12.8 Å². The zero-order valence-electron chi connectivity index (χ0n) is 10.2. The molecule has 1 aromatic carbocycles. The van der Waals surface area contributed by atoms with Crippen LogP contribution in [0.4, 0.5) is 0 Å². The highest BCUT2D eigenvalue weighted by Gasteiger charge is 2.38. The van der Waals surface area contributed by atoms with E-state index in [9.17, 15) is 0 Å². The molecule has 1 nitrogen and oxygen atoms in total. The highest BCUT2D eigenvalue weighted by Crippen LogP contribution is 2.48. The Kier molecular flexibility index (Phi) is 2.13. The number of nitrogens with zero attached hydrogens (tertiary/aromatic N) is 1. The van der Waals surface area contributed by atoms with Crippen molar-refractivity contribution in [2.75, 3.05) is 0 Å². The third-order valence-electron chi connectivity index (χ3n) is 4.04. The molecule has 0 radical (unpaired) electrons. The predicted molar refractivity (Wildman–Crippen MR) is 74.3 cm³/mol. The summed E-state index contributed by atoms with van der Waals surface area (Å²) >= 11 is 0. The first kappa shape index (κ1) is 10.1. The summed E-state index contributed by atoms with van der Waals surface area (Å²) in [6.45, 7) is 0. The number of aromatic nitrogens is 1. The largest absolute Gasteiger partial charge is 0.256 e. The number of fused-ring (bicyclic) bond motifs is 2. The van der Waals surface area contributed by atoms with E-state index in [0.29, 0.717) is 0 Å². The molecule has 2 aliphatic rings. The predicted octanol–water partition coefficient (Wildman–Crippen LogP) is 3.91. The zero-order valence-corrected chi connectivity index (χ0v) is 10.2. The quantitative estimate of drug-likeness (QED) is 0.766. The van der Waals surface area contributed by atoms with E-state index in [-0.39, 0.29) is 0 Å². The van der Waals surface area contributed by atoms with Crippen molar-refractivity contribution >= 4 is 10.9 Å². The monoisotopic (exact) mass is 233 g/mol. The van der Waals surface area contributed by atoms with Crippen LogP contribution in [0.2, 0.25) is 0 Å². The fourth-order valence-corrected chi connectivity index (χ4v) is 2.94. The van der Waals surface area contributed by atoms with Crippen molar-refractivity contribution in [3.8, 4) is 0 Å². The van der Waals surface area contributed by atoms with Gasteiger partial charge in [0.2, 0.25) is 0 Å². The lowest BCUT2D eigenvalue weighted by atomic mass is 9.97. The van der Waals surface area contributed by atoms with Gasteiger partial charge in [0.25, 0.3) is 0 Å². The molecule has 1 heteroatoms. The Hall–Kier alpha value is -1.89. The summed E-state index contributed by atoms with van der Waals surface area (Å²) < 4.78 is 0. The molecular weight excluding hydrogens is 218 g/mol. The minimum absolute atomic E-state index is 0.821. The molecule has 88 valence electrons. The van der Waals surface area contributed by atoms with E-state index in [1.165, 1.54) is 17.4 Å². The molecule has 1 heterocycles. The topological polar surface area (TPSA) is 12.9 Å². The molecular formula is C17H15N. The van der Waals surface area contributed by atoms with Gasteiger partial charge in [0.1, 0.15) is 0 Å². The van der Waals surface area contributed by atoms with Crippen LogP contribution in [0.5, 0.6) is 0 Å². The summed E-state index contributed by atoms with van der Waals surface area (Å²) in [7, 11) is 0. The van der Waals surface area contributed by atoms with Crippen LogP contribution in [0.25, 0.3) is 10.9 Å². The summed E-state index contributed by atoms with van der Waals surface area (Å²) in [5.41, 5.74) is 4.00. The Morgan fingerprint density at radius 1 is 1.22 bits per heavy atom. The van der Waals surface area contributed by atoms with Crippen LogP contribution in [0.3, 0.4) is 0 Å². The molecule has 2 unspecified atom stereocenters. The average molecular weight is 233 g/mol. The SMILES string of the molecule is C1=CC2CC2C(Cc2cnc3ccccc3c2)=C1. The standard InChI is InChI=1S/C17H15N/c1-2-7-17-15(4-1)9-12(11-18-17)8-13-5-3-6-14-10-16(13)14/h1-7,9,11,14,16H,8,10H2. The minimum atomic E-state index is 0.821. The first-order chi connectivity index (χ1) is 8.90. The van der Waals surface area contributed by atoms with Gasteiger partial charge in [-0.1, -0.05) is 42.0 Å². The fourth-order valence-electron chi connectivity index (χ4n) is 2.94. The highest BCUT2D eigenvalue weighted by molar-refractivity contribution is 5.78. The van der Waals surface area contributed by atoms with Crippen molar-refractivity contribution in [1.82, 2.24) is 4.98 Å². The van der Waals surface area contributed by atoms with Crippen LogP contribution in [0, 0.1) is 11.8 Å². The molecule has 0 N–H and O–H groups in total. The molecule has 0 amide bonds. The molecule has 2 aliphatic carbocycles. The number of benzene rings is 1. The van der Waals surface area contributed by atoms with Crippen molar-refractivity contribution in [2.24, 2.45) is 11.8 Å². The molecule has 18 heavy (non-hydrogen) atoms. The zero-order chi connectivity index (χ0) is 11.9. The molecule has 2 atom stereocenters. The smallest absolute Gasteiger partial charge is 0.0702 e. The van der Waals surface area contributed by atoms with Gasteiger partial charge in [-0.05, 0) is 42.4 Å². The van der Waals surface area contributed by atoms with Crippen LogP contribution in [0.15, 0.2) is 60.3 Å². The lowest BCUT2D eigenvalue weighted by Gasteiger charge is -2.09. The molecule has 1 fully saturated rings. The van der Waals surface area contributed by atoms with E-state index < -0.39 is 0 Å². The second kappa shape index (κ2) is 3.81. The molecule has 0 bridgehead atoms. The van der Waals surface area contributed by atoms with E-state index in [1.54, 1.807) is 5.57 Å². The Morgan fingerprint density at radius 2 is 2.17 bits per heavy atom. The Bertz CT molecular complexity index is 666. The number of rotatable bonds is 2. The number of allylic oxidation sites excluding steroid dienone is 4. The maximum Gasteiger partial charge on any atom is 0.0702 e. The highest BCUT2D eigenvalue weighted by atomic mass is 14.6. The van der Waals surface area contributed by atoms with Crippen LogP contribution < -0.4 is 0 Å². The van der Waals surface area contributed by atoms with Crippen molar-refractivity contribution < 1.29 is 0 Å². The lowest BCUT2D eigenvalue weighted by molar-refractivity contribution is 0.863. The number of pyridine rings is 1. The molecule has 4 rings (SSSR count). The van der Waals surface area contributed by atoms with Gasteiger partial charge in [-0.15, -0.1) is 0 Å². The number of para-hydroxylation sites is 1. The van der Waals surface area contributed by atoms with Gasteiger partial charge in [0.15, 0.2) is 0 Å². The van der Waals surface area contributed by atoms with Crippen LogP contribution >= 0.6 is 0 Å². The second-order valence-electron chi connectivity index (χ2n) is 5.35. The van der Waals surface area contributed by atoms with Gasteiger partial charge in [-0.3, -0.25) is 4.98 Å². The first-order valence-corrected chi connectivity index (χ1v) is 6.61. The lowest BCUT2D eigenvalue weighted by Crippen LogP contribution is -1.97. The molecule has 1 saturated carbocycles. The van der Waals surface area contributed by atoms with Crippen LogP contribution in [0.1, 0.15) is 12.0 Å². The third-order valence-corrected chi connectivity index (χ3v) is 4.04. The fraction of sp³-hybridized carbons (Fsp3) is 0.235. The van der Waals surface area contributed by atoms with Gasteiger partial charge in [-0.2, -0.15) is 0 Å². The summed E-state index contributed by atoms with van der Waals surface area (Å²) in [4.78, 5) is 4.54. The first-order valence-electron chi connectivity index (χ1n) is 6.61. The second-order valence-corrected chi connectivity index (χ2v) is 5.35. The van der Waals surface area contributed by atoms with Crippen LogP contribution in [-0.2, 0) is 6.42 Å². The van der Waals surface area contributed by atoms with E-state index >= 15 is 0 Å². The molecule has 0 saturated heterocycles. The van der Waals surface area contributed by atoms with Gasteiger partial charge in [0.05, 0.1) is 5.52 Å². The van der Waals surface area contributed by atoms with E-state index in [2.05, 4.69) is 47.5 Å². The molecule has 2 aromatic rings. The Labute approximate surface area is 107 Å². The maximum atomic E-state index is 4.54. The number of hydrogen-bond acceptors (Lipinski definition) is 1. The number of hydrogen-bond donors (Lipinski definition) is 0. The summed E-state index contributed by atoms with van der Waals surface area (Å²) in [5.74, 6) is 1.65. The summed E-state index contributed by atoms with van der Waals surface area (Å²) in [6.07, 6.45) is 11.3. The third kappa shape index (κ3) is 1.67. The van der Waals surface area contributed by atoms with E-state index in [1.807, 2.05) is 12.3 Å². The minimum Gasteiger partial charge on any atom is -0.256 e. The Balaban J connectivity index is 1.67. The average Bonchev–Trinajstić information content (AvgIpc) is 3.19. The van der Waals surface area contributed by atoms with Crippen LogP contribution in [-0.4, -0.2) is 4.98 Å². The molecule has 0 spiro atoms. The normalized spacial score (nSPS) is 24.8. The summed E-state index contributed by atoms with van der Waals surface area (Å²) in [5, 5.41) is 1.24. The van der Waals surface area contributed by atoms with Crippen molar-refractivity contribution in [1.29, 1.82) is 0 Å². The summed E-state index contributed by atoms with van der Waals surface area (Å²) in [6, 6.07) is 10.6. The van der Waals surface area contributed by atoms with Gasteiger partial charge in [0, 0.05) is 11.6 Å². The van der Waals surface area contributed by atoms with Crippen molar-refractivity contribution in [3.05, 3.63) is 65.9 Å². The van der Waals surface area contributed by atoms with Gasteiger partial charge >= 0.3 is 0 Å². The van der Waals surface area contributed by atoms with Gasteiger partial charge in [-0.25, -0.2) is 0 Å². The maximum absolute atomic E-state index is 4.54. The van der Waals surface area contributed by atoms with E-state index in [4.69, 9.17) is 0 Å². The molecule has 0 aliphatic heterocycles. The Morgan fingerprint density at radius 3 is 3.17 bits per heavy atom. The van der Waals surface area contributed by atoms with Crippen molar-refractivity contribution in [3.63, 3.8) is 0 Å².